The number of hydrogen-bond donors (Lipinski definition) is 2. The molecule has 1 aliphatic heterocycles. The zero-order chi connectivity index (χ0) is 11.7. The summed E-state index contributed by atoms with van der Waals surface area (Å²) in [5.41, 5.74) is 0.185. The number of nitrogens with one attached hydrogen (secondary N) is 2. The number of carbonyl (C=O) groups excluding carboxylic acids is 2. The molecule has 0 spiro atoms. The molecule has 0 bridgehead atoms. The number of fused-ring (bicyclic) bond motifs is 1. The van der Waals surface area contributed by atoms with Crippen LogP contribution in [0.15, 0.2) is 18.2 Å². The molecule has 2 rings (SSSR count). The predicted molar refractivity (Wildman–Crippen MR) is 54.6 cm³/mol. The van der Waals surface area contributed by atoms with E-state index in [9.17, 15) is 9.59 Å². The number of amides is 1. The number of ether oxygens (including phenoxy) is 1. The average Bonchev–Trinajstić information content (AvgIpc) is 2.56. The van der Waals surface area contributed by atoms with Crippen LogP contribution in [0.2, 0.25) is 0 Å². The molecule has 0 saturated heterocycles. The van der Waals surface area contributed by atoms with Crippen LogP contribution in [0.4, 0.5) is 5.82 Å². The molecular weight excluding hydrogens is 210 g/mol. The lowest BCUT2D eigenvalue weighted by atomic mass is 10.2. The van der Waals surface area contributed by atoms with Crippen LogP contribution >= 0.6 is 0 Å². The average molecular weight is 221 g/mol. The van der Waals surface area contributed by atoms with Crippen LogP contribution in [0.1, 0.15) is 12.5 Å². The molecule has 6 heteroatoms. The van der Waals surface area contributed by atoms with Crippen LogP contribution in [0.3, 0.4) is 0 Å². The molecule has 1 aliphatic rings. The number of hydrogen-bond acceptors (Lipinski definition) is 4. The summed E-state index contributed by atoms with van der Waals surface area (Å²) >= 11 is 0. The number of aromatic nitrogens is 1. The number of pyridine rings is 1. The Balaban J connectivity index is 2.39. The molecule has 0 fully saturated rings. The normalized spacial score (nSPS) is 17.8. The Hall–Kier alpha value is -2.11. The molecule has 1 amide bonds. The van der Waals surface area contributed by atoms with Crippen molar-refractivity contribution in [3.63, 3.8) is 0 Å². The van der Waals surface area contributed by atoms with Gasteiger partial charge >= 0.3 is 5.97 Å². The molecule has 1 atom stereocenters. The second kappa shape index (κ2) is 3.80. The lowest BCUT2D eigenvalue weighted by Crippen LogP contribution is -2.26. The monoisotopic (exact) mass is 221 g/mol. The number of anilines is 1. The Labute approximate surface area is 91.4 Å². The van der Waals surface area contributed by atoms with Crippen molar-refractivity contribution in [1.82, 2.24) is 4.57 Å². The molecule has 6 nitrogen and oxygen atoms in total. The number of methoxy groups -OCH3 is 1. The highest BCUT2D eigenvalue weighted by Gasteiger charge is 2.31. The van der Waals surface area contributed by atoms with E-state index in [4.69, 9.17) is 5.41 Å². The first-order valence-electron chi connectivity index (χ1n) is 4.77. The lowest BCUT2D eigenvalue weighted by molar-refractivity contribution is -0.142. The summed E-state index contributed by atoms with van der Waals surface area (Å²) in [7, 11) is 1.27. The fourth-order valence-electron chi connectivity index (χ4n) is 1.71. The molecule has 1 aromatic rings. The van der Waals surface area contributed by atoms with Crippen LogP contribution in [0.25, 0.3) is 0 Å². The summed E-state index contributed by atoms with van der Waals surface area (Å²) in [4.78, 5) is 22.8. The Morgan fingerprint density at radius 3 is 3.06 bits per heavy atom. The van der Waals surface area contributed by atoms with E-state index < -0.39 is 12.0 Å². The Morgan fingerprint density at radius 1 is 1.62 bits per heavy atom. The molecule has 1 aromatic heterocycles. The van der Waals surface area contributed by atoms with E-state index in [2.05, 4.69) is 10.1 Å². The number of esters is 1. The van der Waals surface area contributed by atoms with E-state index in [0.29, 0.717) is 5.82 Å². The summed E-state index contributed by atoms with van der Waals surface area (Å²) < 4.78 is 6.01. The lowest BCUT2D eigenvalue weighted by Gasteiger charge is -2.10. The maximum atomic E-state index is 11.6. The minimum atomic E-state index is -0.684. The van der Waals surface area contributed by atoms with Crippen LogP contribution < -0.4 is 10.8 Å². The maximum absolute atomic E-state index is 11.6. The topological polar surface area (TPSA) is 84.2 Å². The predicted octanol–water partition coefficient (Wildman–Crippen LogP) is 0.0239. The van der Waals surface area contributed by atoms with E-state index in [1.165, 1.54) is 11.7 Å². The smallest absolute Gasteiger partial charge is 0.308 e. The van der Waals surface area contributed by atoms with Crippen molar-refractivity contribution in [2.24, 2.45) is 0 Å². The minimum Gasteiger partial charge on any atom is -0.469 e. The van der Waals surface area contributed by atoms with E-state index in [1.807, 2.05) is 0 Å². The Morgan fingerprint density at radius 2 is 2.38 bits per heavy atom. The molecule has 0 radical (unpaired) electrons. The molecule has 84 valence electrons. The van der Waals surface area contributed by atoms with Crippen LogP contribution in [0, 0.1) is 5.41 Å². The molecule has 1 unspecified atom stereocenters. The summed E-state index contributed by atoms with van der Waals surface area (Å²) in [6.45, 7) is 0. The van der Waals surface area contributed by atoms with Gasteiger partial charge in [0.25, 0.3) is 0 Å². The van der Waals surface area contributed by atoms with Gasteiger partial charge in [0.15, 0.2) is 0 Å². The van der Waals surface area contributed by atoms with Crippen molar-refractivity contribution in [3.8, 4) is 0 Å². The fourth-order valence-corrected chi connectivity index (χ4v) is 1.71. The first kappa shape index (κ1) is 10.4. The SMILES string of the molecule is COC(=O)CC1C(=O)Nc2cccc(=N)n21. The number of rotatable bonds is 2. The summed E-state index contributed by atoms with van der Waals surface area (Å²) in [6.07, 6.45) is -0.0596. The van der Waals surface area contributed by atoms with Crippen molar-refractivity contribution < 1.29 is 14.3 Å². The van der Waals surface area contributed by atoms with Gasteiger partial charge in [0.1, 0.15) is 17.3 Å². The van der Waals surface area contributed by atoms with Gasteiger partial charge in [-0.2, -0.15) is 0 Å². The van der Waals surface area contributed by atoms with Gasteiger partial charge < -0.3 is 10.1 Å². The van der Waals surface area contributed by atoms with E-state index >= 15 is 0 Å². The third-order valence-electron chi connectivity index (χ3n) is 2.48. The minimum absolute atomic E-state index is 0.0596. The van der Waals surface area contributed by atoms with Gasteiger partial charge in [0.05, 0.1) is 13.5 Å². The van der Waals surface area contributed by atoms with Crippen LogP contribution in [-0.2, 0) is 14.3 Å². The number of nitrogens with zero attached hydrogens (tertiary/aromatic N) is 1. The molecule has 0 saturated carbocycles. The maximum Gasteiger partial charge on any atom is 0.308 e. The van der Waals surface area contributed by atoms with Crippen molar-refractivity contribution in [1.29, 1.82) is 5.41 Å². The first-order valence-corrected chi connectivity index (χ1v) is 4.77. The standard InChI is InChI=1S/C10H11N3O3/c1-16-9(14)5-6-10(15)12-8-4-2-3-7(11)13(6)8/h2-4,6,11H,5H2,1H3,(H,12,15). The van der Waals surface area contributed by atoms with Crippen LogP contribution in [-0.4, -0.2) is 23.6 Å². The van der Waals surface area contributed by atoms with Gasteiger partial charge in [0.2, 0.25) is 5.91 Å². The number of carbonyl (C=O) groups is 2. The van der Waals surface area contributed by atoms with Gasteiger partial charge in [-0.3, -0.25) is 19.6 Å². The van der Waals surface area contributed by atoms with Crippen LogP contribution in [0.5, 0.6) is 0 Å². The van der Waals surface area contributed by atoms with E-state index in [0.717, 1.165) is 0 Å². The summed E-state index contributed by atoms with van der Waals surface area (Å²) in [6, 6.07) is 4.24. The fraction of sp³-hybridized carbons (Fsp3) is 0.300. The third kappa shape index (κ3) is 1.58. The van der Waals surface area contributed by atoms with Crippen molar-refractivity contribution in [3.05, 3.63) is 23.7 Å². The highest BCUT2D eigenvalue weighted by molar-refractivity contribution is 5.98. The highest BCUT2D eigenvalue weighted by atomic mass is 16.5. The van der Waals surface area contributed by atoms with E-state index in [1.54, 1.807) is 18.2 Å². The van der Waals surface area contributed by atoms with Gasteiger partial charge in [0, 0.05) is 0 Å². The molecular formula is C10H11N3O3. The van der Waals surface area contributed by atoms with Crippen molar-refractivity contribution >= 4 is 17.7 Å². The Kier molecular flexibility index (Phi) is 2.47. The first-order chi connectivity index (χ1) is 7.63. The molecule has 0 aliphatic carbocycles. The van der Waals surface area contributed by atoms with Gasteiger partial charge in [-0.25, -0.2) is 0 Å². The molecule has 0 aromatic carbocycles. The largest absolute Gasteiger partial charge is 0.469 e. The van der Waals surface area contributed by atoms with Gasteiger partial charge in [-0.05, 0) is 12.1 Å². The quantitative estimate of drug-likeness (QED) is 0.691. The van der Waals surface area contributed by atoms with Crippen molar-refractivity contribution in [2.75, 3.05) is 12.4 Å². The van der Waals surface area contributed by atoms with Gasteiger partial charge in [-0.15, -0.1) is 0 Å². The molecule has 2 N–H and O–H groups in total. The van der Waals surface area contributed by atoms with E-state index in [-0.39, 0.29) is 17.8 Å². The second-order valence-electron chi connectivity index (χ2n) is 3.45. The molecule has 16 heavy (non-hydrogen) atoms. The van der Waals surface area contributed by atoms with Crippen molar-refractivity contribution in [2.45, 2.75) is 12.5 Å². The highest BCUT2D eigenvalue weighted by Crippen LogP contribution is 2.24. The third-order valence-corrected chi connectivity index (χ3v) is 2.48. The second-order valence-corrected chi connectivity index (χ2v) is 3.45. The zero-order valence-electron chi connectivity index (χ0n) is 8.69. The zero-order valence-corrected chi connectivity index (χ0v) is 8.69. The Bertz CT molecular complexity index is 506. The summed E-state index contributed by atoms with van der Waals surface area (Å²) in [5, 5.41) is 10.3. The summed E-state index contributed by atoms with van der Waals surface area (Å²) in [5.74, 6) is -0.222. The molecule has 2 heterocycles. The van der Waals surface area contributed by atoms with Gasteiger partial charge in [-0.1, -0.05) is 6.07 Å².